The van der Waals surface area contributed by atoms with Crippen LogP contribution in [-0.4, -0.2) is 13.1 Å². The fourth-order valence-electron chi connectivity index (χ4n) is 2.00. The maximum Gasteiger partial charge on any atom is 0.0441 e. The Morgan fingerprint density at radius 3 is 2.69 bits per heavy atom. The highest BCUT2D eigenvalue weighted by Gasteiger charge is 2.25. The molecular weight excluding hydrogens is 182 g/mol. The average Bonchev–Trinajstić information content (AvgIpc) is 2.52. The summed E-state index contributed by atoms with van der Waals surface area (Å²) in [4.78, 5) is 0. The Balaban J connectivity index is 2.29. The van der Waals surface area contributed by atoms with Gasteiger partial charge in [-0.05, 0) is 24.1 Å². The van der Waals surface area contributed by atoms with Crippen molar-refractivity contribution >= 4 is 11.6 Å². The summed E-state index contributed by atoms with van der Waals surface area (Å²) in [6.07, 6.45) is 0. The maximum atomic E-state index is 6.14. The molecular formula is C11H14ClN. The molecule has 1 nitrogen and oxygen atoms in total. The lowest BCUT2D eigenvalue weighted by molar-refractivity contribution is 0.572. The standard InChI is InChI=1S/C11H14ClN/c1-8-6-13-7-10(8)9-4-2-3-5-11(9)12/h2-5,8,10,13H,6-7H2,1H3/t8-,10-/m0/s1. The minimum absolute atomic E-state index is 0.591. The molecule has 0 saturated carbocycles. The van der Waals surface area contributed by atoms with Crippen LogP contribution < -0.4 is 5.32 Å². The molecule has 1 aliphatic rings. The summed E-state index contributed by atoms with van der Waals surface area (Å²) in [6, 6.07) is 8.16. The zero-order chi connectivity index (χ0) is 9.26. The highest BCUT2D eigenvalue weighted by Crippen LogP contribution is 2.32. The largest absolute Gasteiger partial charge is 0.316 e. The molecule has 1 N–H and O–H groups in total. The molecule has 0 aromatic heterocycles. The second-order valence-electron chi connectivity index (χ2n) is 3.76. The molecule has 2 atom stereocenters. The van der Waals surface area contributed by atoms with E-state index in [1.807, 2.05) is 12.1 Å². The zero-order valence-corrected chi connectivity index (χ0v) is 8.51. The fraction of sp³-hybridized carbons (Fsp3) is 0.455. The molecule has 0 bridgehead atoms. The highest BCUT2D eigenvalue weighted by atomic mass is 35.5. The van der Waals surface area contributed by atoms with E-state index >= 15 is 0 Å². The Kier molecular flexibility index (Phi) is 2.56. The molecule has 1 fully saturated rings. The van der Waals surface area contributed by atoms with Gasteiger partial charge >= 0.3 is 0 Å². The number of hydrogen-bond donors (Lipinski definition) is 1. The van der Waals surface area contributed by atoms with E-state index in [1.165, 1.54) is 5.56 Å². The van der Waals surface area contributed by atoms with E-state index in [9.17, 15) is 0 Å². The van der Waals surface area contributed by atoms with E-state index in [-0.39, 0.29) is 0 Å². The molecule has 70 valence electrons. The number of halogens is 1. The second kappa shape index (κ2) is 3.69. The molecule has 2 rings (SSSR count). The summed E-state index contributed by atoms with van der Waals surface area (Å²) < 4.78 is 0. The smallest absolute Gasteiger partial charge is 0.0441 e. The van der Waals surface area contributed by atoms with Gasteiger partial charge in [0, 0.05) is 17.5 Å². The van der Waals surface area contributed by atoms with Gasteiger partial charge in [-0.15, -0.1) is 0 Å². The lowest BCUT2D eigenvalue weighted by atomic mass is 9.90. The van der Waals surface area contributed by atoms with E-state index in [1.54, 1.807) is 0 Å². The first-order valence-corrected chi connectivity index (χ1v) is 5.12. The van der Waals surface area contributed by atoms with E-state index in [0.717, 1.165) is 18.1 Å². The van der Waals surface area contributed by atoms with Crippen LogP contribution in [0.4, 0.5) is 0 Å². The van der Waals surface area contributed by atoms with Crippen molar-refractivity contribution in [2.24, 2.45) is 5.92 Å². The van der Waals surface area contributed by atoms with Crippen LogP contribution >= 0.6 is 11.6 Å². The van der Waals surface area contributed by atoms with Crippen LogP contribution in [0.1, 0.15) is 18.4 Å². The van der Waals surface area contributed by atoms with Crippen molar-refractivity contribution in [2.75, 3.05) is 13.1 Å². The van der Waals surface area contributed by atoms with Crippen LogP contribution in [0.25, 0.3) is 0 Å². The molecule has 1 aliphatic heterocycles. The van der Waals surface area contributed by atoms with Crippen molar-refractivity contribution in [3.63, 3.8) is 0 Å². The lowest BCUT2D eigenvalue weighted by Gasteiger charge is -2.15. The first kappa shape index (κ1) is 9.04. The van der Waals surface area contributed by atoms with Gasteiger partial charge in [0.25, 0.3) is 0 Å². The molecule has 0 spiro atoms. The minimum Gasteiger partial charge on any atom is -0.316 e. The molecule has 1 aromatic rings. The van der Waals surface area contributed by atoms with Crippen LogP contribution in [0.15, 0.2) is 24.3 Å². The second-order valence-corrected chi connectivity index (χ2v) is 4.17. The van der Waals surface area contributed by atoms with Gasteiger partial charge < -0.3 is 5.32 Å². The van der Waals surface area contributed by atoms with Crippen molar-refractivity contribution < 1.29 is 0 Å². The van der Waals surface area contributed by atoms with Gasteiger partial charge in [-0.2, -0.15) is 0 Å². The van der Waals surface area contributed by atoms with Crippen molar-refractivity contribution in [3.8, 4) is 0 Å². The molecule has 1 aromatic carbocycles. The van der Waals surface area contributed by atoms with Gasteiger partial charge in [-0.3, -0.25) is 0 Å². The van der Waals surface area contributed by atoms with Crippen molar-refractivity contribution in [1.82, 2.24) is 5.32 Å². The van der Waals surface area contributed by atoms with Crippen LogP contribution in [0.3, 0.4) is 0 Å². The van der Waals surface area contributed by atoms with Crippen molar-refractivity contribution in [2.45, 2.75) is 12.8 Å². The summed E-state index contributed by atoms with van der Waals surface area (Å²) >= 11 is 6.14. The van der Waals surface area contributed by atoms with Crippen molar-refractivity contribution in [3.05, 3.63) is 34.9 Å². The molecule has 2 heteroatoms. The molecule has 0 radical (unpaired) electrons. The topological polar surface area (TPSA) is 12.0 Å². The lowest BCUT2D eigenvalue weighted by Crippen LogP contribution is -2.08. The molecule has 0 amide bonds. The third kappa shape index (κ3) is 1.72. The van der Waals surface area contributed by atoms with E-state index in [2.05, 4.69) is 24.4 Å². The Labute approximate surface area is 84.1 Å². The van der Waals surface area contributed by atoms with Gasteiger partial charge in [-0.25, -0.2) is 0 Å². The van der Waals surface area contributed by atoms with E-state index < -0.39 is 0 Å². The van der Waals surface area contributed by atoms with Gasteiger partial charge in [0.05, 0.1) is 0 Å². The summed E-state index contributed by atoms with van der Waals surface area (Å²) in [5, 5.41) is 4.29. The predicted octanol–water partition coefficient (Wildman–Crippen LogP) is 2.66. The van der Waals surface area contributed by atoms with Crippen molar-refractivity contribution in [1.29, 1.82) is 0 Å². The van der Waals surface area contributed by atoms with Gasteiger partial charge in [0.15, 0.2) is 0 Å². The maximum absolute atomic E-state index is 6.14. The number of nitrogens with one attached hydrogen (secondary N) is 1. The minimum atomic E-state index is 0.591. The first-order chi connectivity index (χ1) is 6.29. The molecule has 0 aliphatic carbocycles. The Morgan fingerprint density at radius 2 is 2.08 bits per heavy atom. The molecule has 13 heavy (non-hydrogen) atoms. The Bertz CT molecular complexity index is 298. The van der Waals surface area contributed by atoms with Crippen LogP contribution in [0.5, 0.6) is 0 Å². The summed E-state index contributed by atoms with van der Waals surface area (Å²) in [5.74, 6) is 1.29. The molecule has 0 unspecified atom stereocenters. The van der Waals surface area contributed by atoms with Crippen LogP contribution in [-0.2, 0) is 0 Å². The highest BCUT2D eigenvalue weighted by molar-refractivity contribution is 6.31. The Morgan fingerprint density at radius 1 is 1.31 bits per heavy atom. The monoisotopic (exact) mass is 195 g/mol. The SMILES string of the molecule is C[C@H]1CNC[C@@H]1c1ccccc1Cl. The van der Waals surface area contributed by atoms with Gasteiger partial charge in [0.2, 0.25) is 0 Å². The molecule has 1 saturated heterocycles. The summed E-state index contributed by atoms with van der Waals surface area (Å²) in [5.41, 5.74) is 1.29. The summed E-state index contributed by atoms with van der Waals surface area (Å²) in [7, 11) is 0. The predicted molar refractivity (Wildman–Crippen MR) is 56.2 cm³/mol. The van der Waals surface area contributed by atoms with Crippen LogP contribution in [0.2, 0.25) is 5.02 Å². The molecule has 1 heterocycles. The number of rotatable bonds is 1. The summed E-state index contributed by atoms with van der Waals surface area (Å²) in [6.45, 7) is 4.44. The third-order valence-electron chi connectivity index (χ3n) is 2.82. The quantitative estimate of drug-likeness (QED) is 0.727. The normalized spacial score (nSPS) is 27.8. The zero-order valence-electron chi connectivity index (χ0n) is 7.76. The average molecular weight is 196 g/mol. The van der Waals surface area contributed by atoms with Crippen LogP contribution in [0, 0.1) is 5.92 Å². The van der Waals surface area contributed by atoms with Gasteiger partial charge in [-0.1, -0.05) is 36.7 Å². The first-order valence-electron chi connectivity index (χ1n) is 4.74. The van der Waals surface area contributed by atoms with E-state index in [0.29, 0.717) is 11.8 Å². The number of hydrogen-bond acceptors (Lipinski definition) is 1. The fourth-order valence-corrected chi connectivity index (χ4v) is 2.28. The third-order valence-corrected chi connectivity index (χ3v) is 3.17. The van der Waals surface area contributed by atoms with Gasteiger partial charge in [0.1, 0.15) is 0 Å². The van der Waals surface area contributed by atoms with E-state index in [4.69, 9.17) is 11.6 Å². The Hall–Kier alpha value is -0.530. The number of benzene rings is 1.